The highest BCUT2D eigenvalue weighted by molar-refractivity contribution is 5.33. The van der Waals surface area contributed by atoms with Crippen LogP contribution in [0.4, 0.5) is 13.2 Å². The highest BCUT2D eigenvalue weighted by atomic mass is 19.4. The number of halogens is 3. The number of alkyl halides is 3. The van der Waals surface area contributed by atoms with Gasteiger partial charge >= 0.3 is 6.18 Å². The van der Waals surface area contributed by atoms with Gasteiger partial charge in [-0.2, -0.15) is 13.2 Å². The molecule has 0 aliphatic rings. The molecule has 0 saturated heterocycles. The molecular weight excluding hydrogens is 267 g/mol. The van der Waals surface area contributed by atoms with Crippen LogP contribution in [0.15, 0.2) is 24.3 Å². The molecule has 1 N–H and O–H groups in total. The van der Waals surface area contributed by atoms with E-state index in [1.54, 1.807) is 24.3 Å². The number of para-hydroxylation sites is 1. The zero-order chi connectivity index (χ0) is 15.0. The third kappa shape index (κ3) is 6.28. The zero-order valence-electron chi connectivity index (χ0n) is 12.0. The third-order valence-corrected chi connectivity index (χ3v) is 3.08. The quantitative estimate of drug-likeness (QED) is 0.770. The molecule has 2 nitrogen and oxygen atoms in total. The minimum Gasteiger partial charge on any atom is -0.484 e. The van der Waals surface area contributed by atoms with Crippen molar-refractivity contribution in [2.75, 3.05) is 6.61 Å². The fourth-order valence-electron chi connectivity index (χ4n) is 2.00. The van der Waals surface area contributed by atoms with Crippen LogP contribution in [-0.2, 0) is 6.54 Å². The van der Waals surface area contributed by atoms with Crippen molar-refractivity contribution < 1.29 is 17.9 Å². The second-order valence-electron chi connectivity index (χ2n) is 4.79. The van der Waals surface area contributed by atoms with Crippen LogP contribution in [0.1, 0.15) is 38.7 Å². The predicted molar refractivity (Wildman–Crippen MR) is 73.8 cm³/mol. The first-order chi connectivity index (χ1) is 9.46. The van der Waals surface area contributed by atoms with E-state index in [2.05, 4.69) is 19.2 Å². The van der Waals surface area contributed by atoms with Crippen LogP contribution in [0.2, 0.25) is 0 Å². The van der Waals surface area contributed by atoms with Gasteiger partial charge in [0.15, 0.2) is 6.61 Å². The summed E-state index contributed by atoms with van der Waals surface area (Å²) < 4.78 is 41.5. The molecule has 114 valence electrons. The summed E-state index contributed by atoms with van der Waals surface area (Å²) in [6.45, 7) is 3.48. The zero-order valence-corrected chi connectivity index (χ0v) is 12.0. The van der Waals surface area contributed by atoms with E-state index in [1.165, 1.54) is 0 Å². The number of benzene rings is 1. The van der Waals surface area contributed by atoms with Gasteiger partial charge in [-0.1, -0.05) is 38.5 Å². The molecule has 1 rings (SSSR count). The smallest absolute Gasteiger partial charge is 0.422 e. The molecular formula is C15H22F3NO. The summed E-state index contributed by atoms with van der Waals surface area (Å²) in [5.74, 6) is 0.295. The first-order valence-corrected chi connectivity index (χ1v) is 6.97. The van der Waals surface area contributed by atoms with Crippen molar-refractivity contribution >= 4 is 0 Å². The summed E-state index contributed by atoms with van der Waals surface area (Å²) in [5.41, 5.74) is 0.756. The highest BCUT2D eigenvalue weighted by Crippen LogP contribution is 2.22. The maximum absolute atomic E-state index is 12.2. The number of hydrogen-bond donors (Lipinski definition) is 1. The molecule has 0 aliphatic carbocycles. The van der Waals surface area contributed by atoms with Gasteiger partial charge in [0.1, 0.15) is 5.75 Å². The van der Waals surface area contributed by atoms with Crippen molar-refractivity contribution in [2.24, 2.45) is 0 Å². The highest BCUT2D eigenvalue weighted by Gasteiger charge is 2.28. The predicted octanol–water partition coefficient (Wildman–Crippen LogP) is 4.30. The van der Waals surface area contributed by atoms with Crippen LogP contribution in [0, 0.1) is 0 Å². The molecule has 20 heavy (non-hydrogen) atoms. The SMILES string of the molecule is CCCC(CC)NCc1ccccc1OCC(F)(F)F. The first-order valence-electron chi connectivity index (χ1n) is 6.97. The lowest BCUT2D eigenvalue weighted by Crippen LogP contribution is -2.28. The largest absolute Gasteiger partial charge is 0.484 e. The molecule has 1 atom stereocenters. The Hall–Kier alpha value is -1.23. The standard InChI is InChI=1S/C15H22F3NO/c1-3-7-13(4-2)19-10-12-8-5-6-9-14(12)20-11-15(16,17)18/h5-6,8-9,13,19H,3-4,7,10-11H2,1-2H3. The van der Waals surface area contributed by atoms with Crippen molar-refractivity contribution in [1.29, 1.82) is 0 Å². The maximum atomic E-state index is 12.2. The van der Waals surface area contributed by atoms with Gasteiger partial charge in [0, 0.05) is 18.2 Å². The molecule has 0 spiro atoms. The molecule has 0 heterocycles. The number of nitrogens with one attached hydrogen (secondary N) is 1. The van der Waals surface area contributed by atoms with Crippen molar-refractivity contribution in [3.63, 3.8) is 0 Å². The second-order valence-corrected chi connectivity index (χ2v) is 4.79. The lowest BCUT2D eigenvalue weighted by atomic mass is 10.1. The third-order valence-electron chi connectivity index (χ3n) is 3.08. The molecule has 1 aromatic carbocycles. The summed E-state index contributed by atoms with van der Waals surface area (Å²) in [7, 11) is 0. The fourth-order valence-corrected chi connectivity index (χ4v) is 2.00. The summed E-state index contributed by atoms with van der Waals surface area (Å²) in [6, 6.07) is 7.23. The summed E-state index contributed by atoms with van der Waals surface area (Å²) in [5, 5.41) is 3.36. The Bertz CT molecular complexity index is 393. The van der Waals surface area contributed by atoms with Crippen LogP contribution in [0.25, 0.3) is 0 Å². The van der Waals surface area contributed by atoms with Gasteiger partial charge in [0.25, 0.3) is 0 Å². The number of rotatable bonds is 8. The Morgan fingerprint density at radius 1 is 1.20 bits per heavy atom. The van der Waals surface area contributed by atoms with E-state index in [1.807, 2.05) is 0 Å². The van der Waals surface area contributed by atoms with Crippen LogP contribution < -0.4 is 10.1 Å². The molecule has 0 aliphatic heterocycles. The van der Waals surface area contributed by atoms with Crippen LogP contribution >= 0.6 is 0 Å². The minimum atomic E-state index is -4.31. The molecule has 0 fully saturated rings. The number of hydrogen-bond acceptors (Lipinski definition) is 2. The monoisotopic (exact) mass is 289 g/mol. The van der Waals surface area contributed by atoms with Gasteiger partial charge < -0.3 is 10.1 Å². The normalized spacial score (nSPS) is 13.2. The van der Waals surface area contributed by atoms with Gasteiger partial charge in [-0.15, -0.1) is 0 Å². The fraction of sp³-hybridized carbons (Fsp3) is 0.600. The summed E-state index contributed by atoms with van der Waals surface area (Å²) >= 11 is 0. The van der Waals surface area contributed by atoms with E-state index in [9.17, 15) is 13.2 Å². The summed E-state index contributed by atoms with van der Waals surface area (Å²) in [6.07, 6.45) is -1.17. The van der Waals surface area contributed by atoms with Crippen LogP contribution in [0.3, 0.4) is 0 Å². The molecule has 5 heteroatoms. The van der Waals surface area contributed by atoms with E-state index in [0.29, 0.717) is 18.3 Å². The Kier molecular flexibility index (Phi) is 6.85. The summed E-state index contributed by atoms with van der Waals surface area (Å²) in [4.78, 5) is 0. The molecule has 0 radical (unpaired) electrons. The van der Waals surface area contributed by atoms with Gasteiger partial charge in [0.2, 0.25) is 0 Å². The second kappa shape index (κ2) is 8.15. The minimum absolute atomic E-state index is 0.295. The van der Waals surface area contributed by atoms with E-state index in [0.717, 1.165) is 24.8 Å². The van der Waals surface area contributed by atoms with Gasteiger partial charge in [-0.05, 0) is 18.9 Å². The van der Waals surface area contributed by atoms with Crippen molar-refractivity contribution in [3.05, 3.63) is 29.8 Å². The van der Waals surface area contributed by atoms with E-state index in [-0.39, 0.29) is 0 Å². The lowest BCUT2D eigenvalue weighted by molar-refractivity contribution is -0.153. The Morgan fingerprint density at radius 3 is 2.50 bits per heavy atom. The maximum Gasteiger partial charge on any atom is 0.422 e. The van der Waals surface area contributed by atoms with E-state index in [4.69, 9.17) is 4.74 Å². The molecule has 0 aromatic heterocycles. The average molecular weight is 289 g/mol. The molecule has 1 aromatic rings. The van der Waals surface area contributed by atoms with Crippen LogP contribution in [-0.4, -0.2) is 18.8 Å². The van der Waals surface area contributed by atoms with Gasteiger partial charge in [0.05, 0.1) is 0 Å². The molecule has 0 amide bonds. The van der Waals surface area contributed by atoms with Gasteiger partial charge in [-0.3, -0.25) is 0 Å². The molecule has 1 unspecified atom stereocenters. The lowest BCUT2D eigenvalue weighted by Gasteiger charge is -2.18. The number of ether oxygens (including phenoxy) is 1. The molecule has 0 saturated carbocycles. The van der Waals surface area contributed by atoms with Gasteiger partial charge in [-0.25, -0.2) is 0 Å². The van der Waals surface area contributed by atoms with Crippen molar-refractivity contribution in [1.82, 2.24) is 5.32 Å². The Labute approximate surface area is 118 Å². The van der Waals surface area contributed by atoms with E-state index >= 15 is 0 Å². The topological polar surface area (TPSA) is 21.3 Å². The molecule has 0 bridgehead atoms. The Morgan fingerprint density at radius 2 is 1.90 bits per heavy atom. The first kappa shape index (κ1) is 16.8. The van der Waals surface area contributed by atoms with Crippen LogP contribution in [0.5, 0.6) is 5.75 Å². The Balaban J connectivity index is 2.61. The van der Waals surface area contributed by atoms with Crippen molar-refractivity contribution in [2.45, 2.75) is 51.9 Å². The van der Waals surface area contributed by atoms with E-state index < -0.39 is 12.8 Å². The average Bonchev–Trinajstić information content (AvgIpc) is 2.41. The van der Waals surface area contributed by atoms with Crippen molar-refractivity contribution in [3.8, 4) is 5.75 Å².